The number of rotatable bonds is 5. The van der Waals surface area contributed by atoms with Crippen LogP contribution in [0.3, 0.4) is 0 Å². The highest BCUT2D eigenvalue weighted by atomic mass is 16.3. The standard InChI is InChI=1S/C21H28N2O2/c1-15-6-7-18-17(12-15)16(2)19(25-18)20(24)22-13-21(8-9-21)14-23-10-4-3-5-11-23/h6-7,12H,3-5,8-11,13-14H2,1-2H3,(H,22,24). The molecule has 4 rings (SSSR count). The van der Waals surface area contributed by atoms with Gasteiger partial charge in [-0.05, 0) is 64.8 Å². The predicted molar refractivity (Wildman–Crippen MR) is 100.0 cm³/mol. The molecule has 0 atom stereocenters. The van der Waals surface area contributed by atoms with E-state index in [0.717, 1.165) is 29.6 Å². The number of likely N-dealkylation sites (tertiary alicyclic amines) is 1. The van der Waals surface area contributed by atoms with Crippen LogP contribution in [0.15, 0.2) is 22.6 Å². The Kier molecular flexibility index (Phi) is 4.32. The number of nitrogens with one attached hydrogen (secondary N) is 1. The van der Waals surface area contributed by atoms with Crippen molar-refractivity contribution in [3.63, 3.8) is 0 Å². The van der Waals surface area contributed by atoms with E-state index in [9.17, 15) is 4.79 Å². The van der Waals surface area contributed by atoms with Crippen LogP contribution in [0.5, 0.6) is 0 Å². The molecule has 0 spiro atoms. The third-order valence-electron chi connectivity index (χ3n) is 5.89. The summed E-state index contributed by atoms with van der Waals surface area (Å²) >= 11 is 0. The van der Waals surface area contributed by atoms with Crippen molar-refractivity contribution in [1.82, 2.24) is 10.2 Å². The van der Waals surface area contributed by atoms with Gasteiger partial charge in [0.2, 0.25) is 0 Å². The van der Waals surface area contributed by atoms with E-state index in [2.05, 4.69) is 23.2 Å². The maximum absolute atomic E-state index is 12.7. The second kappa shape index (κ2) is 6.49. The highest BCUT2D eigenvalue weighted by molar-refractivity contribution is 5.99. The monoisotopic (exact) mass is 340 g/mol. The van der Waals surface area contributed by atoms with Crippen LogP contribution in [0.1, 0.15) is 53.8 Å². The molecule has 1 N–H and O–H groups in total. The Morgan fingerprint density at radius 1 is 1.20 bits per heavy atom. The topological polar surface area (TPSA) is 45.5 Å². The number of piperidine rings is 1. The molecule has 2 aromatic rings. The first-order valence-corrected chi connectivity index (χ1v) is 9.57. The summed E-state index contributed by atoms with van der Waals surface area (Å²) < 4.78 is 5.83. The first-order valence-electron chi connectivity index (χ1n) is 9.57. The summed E-state index contributed by atoms with van der Waals surface area (Å²) in [6.07, 6.45) is 6.45. The summed E-state index contributed by atoms with van der Waals surface area (Å²) in [6.45, 7) is 8.36. The lowest BCUT2D eigenvalue weighted by Crippen LogP contribution is -2.40. The summed E-state index contributed by atoms with van der Waals surface area (Å²) in [6, 6.07) is 6.06. The van der Waals surface area contributed by atoms with Crippen LogP contribution in [0.25, 0.3) is 11.0 Å². The van der Waals surface area contributed by atoms with Crippen LogP contribution in [0.4, 0.5) is 0 Å². The van der Waals surface area contributed by atoms with Crippen molar-refractivity contribution in [3.05, 3.63) is 35.1 Å². The van der Waals surface area contributed by atoms with E-state index in [1.807, 2.05) is 19.1 Å². The molecule has 134 valence electrons. The lowest BCUT2D eigenvalue weighted by Gasteiger charge is -2.30. The van der Waals surface area contributed by atoms with E-state index < -0.39 is 0 Å². The van der Waals surface area contributed by atoms with E-state index in [1.54, 1.807) is 0 Å². The molecule has 1 aromatic heterocycles. The van der Waals surface area contributed by atoms with Crippen molar-refractivity contribution in [1.29, 1.82) is 0 Å². The number of benzene rings is 1. The fraction of sp³-hybridized carbons (Fsp3) is 0.571. The zero-order chi connectivity index (χ0) is 17.4. The Bertz CT molecular complexity index is 783. The molecular formula is C21H28N2O2. The SMILES string of the molecule is Cc1ccc2oc(C(=O)NCC3(CN4CCCCC4)CC3)c(C)c2c1. The summed E-state index contributed by atoms with van der Waals surface area (Å²) in [4.78, 5) is 15.2. The van der Waals surface area contributed by atoms with Gasteiger partial charge >= 0.3 is 0 Å². The number of carbonyl (C=O) groups is 1. The van der Waals surface area contributed by atoms with Gasteiger partial charge in [-0.15, -0.1) is 0 Å². The van der Waals surface area contributed by atoms with Crippen molar-refractivity contribution in [2.24, 2.45) is 5.41 Å². The summed E-state index contributed by atoms with van der Waals surface area (Å²) in [7, 11) is 0. The summed E-state index contributed by atoms with van der Waals surface area (Å²) in [5.41, 5.74) is 3.21. The normalized spacial score (nSPS) is 19.9. The first-order chi connectivity index (χ1) is 12.1. The maximum Gasteiger partial charge on any atom is 0.287 e. The van der Waals surface area contributed by atoms with Gasteiger partial charge in [0.25, 0.3) is 5.91 Å². The second-order valence-corrected chi connectivity index (χ2v) is 8.08. The number of hydrogen-bond acceptors (Lipinski definition) is 3. The Balaban J connectivity index is 1.41. The van der Waals surface area contributed by atoms with Gasteiger partial charge in [0.05, 0.1) is 0 Å². The largest absolute Gasteiger partial charge is 0.451 e. The predicted octanol–water partition coefficient (Wildman–Crippen LogP) is 4.05. The molecule has 0 radical (unpaired) electrons. The maximum atomic E-state index is 12.7. The molecule has 0 unspecified atom stereocenters. The van der Waals surface area contributed by atoms with Crippen LogP contribution in [-0.4, -0.2) is 37.0 Å². The molecule has 1 saturated carbocycles. The molecule has 4 heteroatoms. The summed E-state index contributed by atoms with van der Waals surface area (Å²) in [5.74, 6) is 0.394. The molecule has 4 nitrogen and oxygen atoms in total. The Morgan fingerprint density at radius 2 is 1.96 bits per heavy atom. The van der Waals surface area contributed by atoms with Crippen molar-refractivity contribution < 1.29 is 9.21 Å². The van der Waals surface area contributed by atoms with Crippen LogP contribution in [0.2, 0.25) is 0 Å². The second-order valence-electron chi connectivity index (χ2n) is 8.08. The van der Waals surface area contributed by atoms with Crippen molar-refractivity contribution >= 4 is 16.9 Å². The molecule has 1 aliphatic carbocycles. The number of hydrogen-bond donors (Lipinski definition) is 1. The number of fused-ring (bicyclic) bond motifs is 1. The lowest BCUT2D eigenvalue weighted by atomic mass is 10.0. The van der Waals surface area contributed by atoms with E-state index >= 15 is 0 Å². The molecule has 1 aliphatic heterocycles. The van der Waals surface area contributed by atoms with Crippen LogP contribution >= 0.6 is 0 Å². The molecule has 0 bridgehead atoms. The van der Waals surface area contributed by atoms with Crippen LogP contribution in [0, 0.1) is 19.3 Å². The third kappa shape index (κ3) is 3.45. The molecule has 2 heterocycles. The number of furan rings is 1. The number of nitrogens with zero attached hydrogens (tertiary/aromatic N) is 1. The minimum atomic E-state index is -0.0729. The van der Waals surface area contributed by atoms with Crippen molar-refractivity contribution in [2.45, 2.75) is 46.0 Å². The molecule has 1 amide bonds. The van der Waals surface area contributed by atoms with Gasteiger partial charge < -0.3 is 14.6 Å². The molecule has 1 aromatic carbocycles. The number of carbonyl (C=O) groups excluding carboxylic acids is 1. The van der Waals surface area contributed by atoms with Gasteiger partial charge in [-0.25, -0.2) is 0 Å². The Morgan fingerprint density at radius 3 is 2.68 bits per heavy atom. The minimum Gasteiger partial charge on any atom is -0.451 e. The minimum absolute atomic E-state index is 0.0729. The van der Waals surface area contributed by atoms with E-state index in [0.29, 0.717) is 11.2 Å². The molecular weight excluding hydrogens is 312 g/mol. The van der Waals surface area contributed by atoms with Gasteiger partial charge in [-0.1, -0.05) is 18.1 Å². The van der Waals surface area contributed by atoms with Crippen LogP contribution in [-0.2, 0) is 0 Å². The van der Waals surface area contributed by atoms with Gasteiger partial charge in [-0.2, -0.15) is 0 Å². The smallest absolute Gasteiger partial charge is 0.287 e. The molecule has 2 aliphatic rings. The highest BCUT2D eigenvalue weighted by Gasteiger charge is 2.44. The average molecular weight is 340 g/mol. The van der Waals surface area contributed by atoms with Crippen molar-refractivity contribution in [2.75, 3.05) is 26.2 Å². The van der Waals surface area contributed by atoms with Crippen molar-refractivity contribution in [3.8, 4) is 0 Å². The average Bonchev–Trinajstić information content (AvgIpc) is 3.31. The molecule has 2 fully saturated rings. The lowest BCUT2D eigenvalue weighted by molar-refractivity contribution is 0.0909. The first kappa shape index (κ1) is 16.6. The van der Waals surface area contributed by atoms with Gasteiger partial charge in [0.15, 0.2) is 5.76 Å². The Hall–Kier alpha value is -1.81. The fourth-order valence-corrected chi connectivity index (χ4v) is 4.06. The van der Waals surface area contributed by atoms with Gasteiger partial charge in [-0.3, -0.25) is 4.79 Å². The highest BCUT2D eigenvalue weighted by Crippen LogP contribution is 2.46. The Labute approximate surface area is 149 Å². The molecule has 1 saturated heterocycles. The molecule has 25 heavy (non-hydrogen) atoms. The third-order valence-corrected chi connectivity index (χ3v) is 5.89. The van der Waals surface area contributed by atoms with E-state index in [1.165, 1.54) is 50.8 Å². The quantitative estimate of drug-likeness (QED) is 0.893. The van der Waals surface area contributed by atoms with Crippen LogP contribution < -0.4 is 5.32 Å². The fourth-order valence-electron chi connectivity index (χ4n) is 4.06. The zero-order valence-electron chi connectivity index (χ0n) is 15.4. The summed E-state index contributed by atoms with van der Waals surface area (Å²) in [5, 5.41) is 4.19. The number of aryl methyl sites for hydroxylation is 2. The number of amides is 1. The van der Waals surface area contributed by atoms with Gasteiger partial charge in [0.1, 0.15) is 5.58 Å². The zero-order valence-corrected chi connectivity index (χ0v) is 15.4. The van der Waals surface area contributed by atoms with Gasteiger partial charge in [0, 0.05) is 29.5 Å². The van der Waals surface area contributed by atoms with E-state index in [4.69, 9.17) is 4.42 Å². The van der Waals surface area contributed by atoms with E-state index in [-0.39, 0.29) is 5.91 Å².